The minimum Gasteiger partial charge on any atom is -0.471 e. The standard InChI is InChI=1S/C15H12N2O/c1-2-6-14-12(5-1)8-9-13(17-14)11-18-15-7-3-4-10-16-15/h1-10H,11H2. The molecule has 0 amide bonds. The van der Waals surface area contributed by atoms with Gasteiger partial charge in [0.05, 0.1) is 11.2 Å². The normalized spacial score (nSPS) is 10.4. The van der Waals surface area contributed by atoms with Gasteiger partial charge in [-0.1, -0.05) is 30.3 Å². The molecule has 2 heterocycles. The van der Waals surface area contributed by atoms with Crippen molar-refractivity contribution in [2.45, 2.75) is 6.61 Å². The van der Waals surface area contributed by atoms with Crippen molar-refractivity contribution in [2.75, 3.05) is 0 Å². The van der Waals surface area contributed by atoms with Crippen LogP contribution in [0.15, 0.2) is 60.8 Å². The summed E-state index contributed by atoms with van der Waals surface area (Å²) >= 11 is 0. The van der Waals surface area contributed by atoms with Crippen molar-refractivity contribution in [2.24, 2.45) is 0 Å². The smallest absolute Gasteiger partial charge is 0.213 e. The van der Waals surface area contributed by atoms with E-state index >= 15 is 0 Å². The lowest BCUT2D eigenvalue weighted by molar-refractivity contribution is 0.290. The molecule has 2 aromatic heterocycles. The van der Waals surface area contributed by atoms with Crippen LogP contribution in [0.3, 0.4) is 0 Å². The summed E-state index contributed by atoms with van der Waals surface area (Å²) in [5, 5.41) is 1.14. The van der Waals surface area contributed by atoms with E-state index in [1.165, 1.54) is 0 Å². The number of hydrogen-bond donors (Lipinski definition) is 0. The lowest BCUT2D eigenvalue weighted by Crippen LogP contribution is -1.99. The molecule has 0 unspecified atom stereocenters. The van der Waals surface area contributed by atoms with Crippen molar-refractivity contribution >= 4 is 10.9 Å². The maximum absolute atomic E-state index is 5.57. The molecule has 3 aromatic rings. The summed E-state index contributed by atoms with van der Waals surface area (Å²) in [5.41, 5.74) is 1.89. The zero-order valence-electron chi connectivity index (χ0n) is 9.78. The van der Waals surface area contributed by atoms with Gasteiger partial charge in [0.2, 0.25) is 5.88 Å². The highest BCUT2D eigenvalue weighted by molar-refractivity contribution is 5.78. The first kappa shape index (κ1) is 10.7. The third-order valence-electron chi connectivity index (χ3n) is 2.66. The number of ether oxygens (including phenoxy) is 1. The first-order valence-corrected chi connectivity index (χ1v) is 5.80. The predicted octanol–water partition coefficient (Wildman–Crippen LogP) is 3.21. The molecule has 0 saturated heterocycles. The van der Waals surface area contributed by atoms with Crippen LogP contribution in [0.5, 0.6) is 5.88 Å². The average molecular weight is 236 g/mol. The summed E-state index contributed by atoms with van der Waals surface area (Å²) < 4.78 is 5.57. The van der Waals surface area contributed by atoms with Crippen LogP contribution >= 0.6 is 0 Å². The van der Waals surface area contributed by atoms with Crippen LogP contribution in [0.25, 0.3) is 10.9 Å². The summed E-state index contributed by atoms with van der Waals surface area (Å²) in [6.07, 6.45) is 1.71. The largest absolute Gasteiger partial charge is 0.471 e. The summed E-state index contributed by atoms with van der Waals surface area (Å²) in [4.78, 5) is 8.64. The van der Waals surface area contributed by atoms with Gasteiger partial charge in [0.1, 0.15) is 6.61 Å². The lowest BCUT2D eigenvalue weighted by atomic mass is 10.2. The number of rotatable bonds is 3. The summed E-state index contributed by atoms with van der Waals surface area (Å²) in [7, 11) is 0. The fourth-order valence-corrected chi connectivity index (χ4v) is 1.77. The molecule has 3 rings (SSSR count). The zero-order valence-corrected chi connectivity index (χ0v) is 9.78. The maximum Gasteiger partial charge on any atom is 0.213 e. The number of fused-ring (bicyclic) bond motifs is 1. The van der Waals surface area contributed by atoms with Crippen LogP contribution in [-0.4, -0.2) is 9.97 Å². The Morgan fingerprint density at radius 2 is 1.78 bits per heavy atom. The lowest BCUT2D eigenvalue weighted by Gasteiger charge is -2.05. The average Bonchev–Trinajstić information content (AvgIpc) is 2.46. The van der Waals surface area contributed by atoms with E-state index in [0.717, 1.165) is 16.6 Å². The zero-order chi connectivity index (χ0) is 12.2. The van der Waals surface area contributed by atoms with Gasteiger partial charge < -0.3 is 4.74 Å². The van der Waals surface area contributed by atoms with E-state index in [2.05, 4.69) is 16.0 Å². The molecule has 0 aliphatic carbocycles. The molecule has 3 heteroatoms. The molecule has 18 heavy (non-hydrogen) atoms. The molecular weight excluding hydrogens is 224 g/mol. The van der Waals surface area contributed by atoms with Gasteiger partial charge in [-0.3, -0.25) is 0 Å². The van der Waals surface area contributed by atoms with Crippen molar-refractivity contribution < 1.29 is 4.74 Å². The highest BCUT2D eigenvalue weighted by atomic mass is 16.5. The summed E-state index contributed by atoms with van der Waals surface area (Å²) in [5.74, 6) is 0.618. The van der Waals surface area contributed by atoms with Crippen molar-refractivity contribution in [3.63, 3.8) is 0 Å². The monoisotopic (exact) mass is 236 g/mol. The third-order valence-corrected chi connectivity index (χ3v) is 2.66. The van der Waals surface area contributed by atoms with E-state index in [9.17, 15) is 0 Å². The van der Waals surface area contributed by atoms with E-state index in [4.69, 9.17) is 4.74 Å². The molecule has 0 aliphatic rings. The van der Waals surface area contributed by atoms with Crippen LogP contribution in [0, 0.1) is 0 Å². The minimum atomic E-state index is 0.432. The van der Waals surface area contributed by atoms with Gasteiger partial charge >= 0.3 is 0 Å². The van der Waals surface area contributed by atoms with Gasteiger partial charge in [-0.05, 0) is 18.2 Å². The number of nitrogens with zero attached hydrogens (tertiary/aromatic N) is 2. The molecular formula is C15H12N2O. The van der Waals surface area contributed by atoms with Crippen LogP contribution in [0.2, 0.25) is 0 Å². The highest BCUT2D eigenvalue weighted by Crippen LogP contribution is 2.13. The maximum atomic E-state index is 5.57. The Labute approximate surface area is 105 Å². The molecule has 0 bridgehead atoms. The molecule has 0 atom stereocenters. The molecule has 88 valence electrons. The Hall–Kier alpha value is -2.42. The SMILES string of the molecule is c1ccc(OCc2ccc3ccccc3n2)nc1. The molecule has 0 saturated carbocycles. The van der Waals surface area contributed by atoms with Crippen LogP contribution in [0.1, 0.15) is 5.69 Å². The Bertz CT molecular complexity index is 653. The number of benzene rings is 1. The van der Waals surface area contributed by atoms with Crippen LogP contribution in [-0.2, 0) is 6.61 Å². The molecule has 0 radical (unpaired) electrons. The Morgan fingerprint density at radius 3 is 2.67 bits per heavy atom. The number of hydrogen-bond acceptors (Lipinski definition) is 3. The molecule has 1 aromatic carbocycles. The topological polar surface area (TPSA) is 35.0 Å². The van der Waals surface area contributed by atoms with Gasteiger partial charge in [-0.25, -0.2) is 9.97 Å². The third kappa shape index (κ3) is 2.30. The number of aromatic nitrogens is 2. The van der Waals surface area contributed by atoms with Gasteiger partial charge in [0, 0.05) is 17.6 Å². The molecule has 0 aliphatic heterocycles. The number of pyridine rings is 2. The first-order valence-electron chi connectivity index (χ1n) is 5.80. The van der Waals surface area contributed by atoms with Crippen molar-refractivity contribution in [3.05, 3.63) is 66.5 Å². The molecule has 0 fully saturated rings. The number of para-hydroxylation sites is 1. The molecule has 3 nitrogen and oxygen atoms in total. The van der Waals surface area contributed by atoms with Crippen LogP contribution < -0.4 is 4.74 Å². The van der Waals surface area contributed by atoms with Gasteiger partial charge in [0.25, 0.3) is 0 Å². The van der Waals surface area contributed by atoms with E-state index in [-0.39, 0.29) is 0 Å². The summed E-state index contributed by atoms with van der Waals surface area (Å²) in [6, 6.07) is 17.7. The van der Waals surface area contributed by atoms with Crippen LogP contribution in [0.4, 0.5) is 0 Å². The Balaban J connectivity index is 1.79. The predicted molar refractivity (Wildman–Crippen MR) is 70.3 cm³/mol. The highest BCUT2D eigenvalue weighted by Gasteiger charge is 1.99. The fourth-order valence-electron chi connectivity index (χ4n) is 1.77. The second kappa shape index (κ2) is 4.84. The van der Waals surface area contributed by atoms with Crippen molar-refractivity contribution in [3.8, 4) is 5.88 Å². The van der Waals surface area contributed by atoms with Gasteiger partial charge in [-0.15, -0.1) is 0 Å². The van der Waals surface area contributed by atoms with E-state index in [1.54, 1.807) is 6.20 Å². The van der Waals surface area contributed by atoms with E-state index in [1.807, 2.05) is 48.5 Å². The second-order valence-electron chi connectivity index (χ2n) is 3.95. The fraction of sp³-hybridized carbons (Fsp3) is 0.0667. The first-order chi connectivity index (χ1) is 8.92. The quantitative estimate of drug-likeness (QED) is 0.700. The Kier molecular flexibility index (Phi) is 2.88. The van der Waals surface area contributed by atoms with Crippen molar-refractivity contribution in [1.29, 1.82) is 0 Å². The molecule has 0 N–H and O–H groups in total. The molecule has 0 spiro atoms. The van der Waals surface area contributed by atoms with E-state index in [0.29, 0.717) is 12.5 Å². The van der Waals surface area contributed by atoms with Crippen molar-refractivity contribution in [1.82, 2.24) is 9.97 Å². The van der Waals surface area contributed by atoms with E-state index < -0.39 is 0 Å². The minimum absolute atomic E-state index is 0.432. The van der Waals surface area contributed by atoms with Gasteiger partial charge in [-0.2, -0.15) is 0 Å². The second-order valence-corrected chi connectivity index (χ2v) is 3.95. The Morgan fingerprint density at radius 1 is 0.889 bits per heavy atom. The summed E-state index contributed by atoms with van der Waals surface area (Å²) in [6.45, 7) is 0.432. The van der Waals surface area contributed by atoms with Gasteiger partial charge in [0.15, 0.2) is 0 Å².